The van der Waals surface area contributed by atoms with Crippen LogP contribution in [0, 0.1) is 5.41 Å². The number of unbranched alkanes of at least 4 members (excludes halogenated alkanes) is 1. The Morgan fingerprint density at radius 2 is 1.78 bits per heavy atom. The number of hydrogen-bond donors (Lipinski definition) is 0. The minimum atomic E-state index is 0.367. The maximum absolute atomic E-state index is 5.86. The Hall–Kier alpha value is -0.0800. The summed E-state index contributed by atoms with van der Waals surface area (Å²) in [7, 11) is 0. The van der Waals surface area contributed by atoms with Crippen LogP contribution < -0.4 is 0 Å². The van der Waals surface area contributed by atoms with Crippen molar-refractivity contribution < 1.29 is 4.74 Å². The van der Waals surface area contributed by atoms with Crippen molar-refractivity contribution in [1.82, 2.24) is 4.90 Å². The van der Waals surface area contributed by atoms with E-state index in [4.69, 9.17) is 4.74 Å². The summed E-state index contributed by atoms with van der Waals surface area (Å²) >= 11 is 0. The van der Waals surface area contributed by atoms with E-state index in [1.807, 2.05) is 0 Å². The van der Waals surface area contributed by atoms with Gasteiger partial charge in [0.2, 0.25) is 0 Å². The van der Waals surface area contributed by atoms with Crippen LogP contribution in [0.5, 0.6) is 0 Å². The molecule has 0 aromatic carbocycles. The molecule has 0 amide bonds. The molecule has 0 aromatic rings. The van der Waals surface area contributed by atoms with Crippen molar-refractivity contribution in [2.75, 3.05) is 19.9 Å². The average molecular weight is 255 g/mol. The van der Waals surface area contributed by atoms with Gasteiger partial charge in [0.25, 0.3) is 0 Å². The van der Waals surface area contributed by atoms with Gasteiger partial charge < -0.3 is 4.74 Å². The van der Waals surface area contributed by atoms with Crippen LogP contribution >= 0.6 is 0 Å². The first-order valence-electron chi connectivity index (χ1n) is 7.85. The molecule has 1 aliphatic rings. The first kappa shape index (κ1) is 16.0. The summed E-state index contributed by atoms with van der Waals surface area (Å²) in [6.07, 6.45) is 9.38. The smallest absolute Gasteiger partial charge is 0.0992 e. The fraction of sp³-hybridized carbons (Fsp3) is 1.00. The summed E-state index contributed by atoms with van der Waals surface area (Å²) < 4.78 is 5.86. The van der Waals surface area contributed by atoms with Crippen LogP contribution in [0.15, 0.2) is 0 Å². The van der Waals surface area contributed by atoms with Crippen molar-refractivity contribution >= 4 is 0 Å². The predicted molar refractivity (Wildman–Crippen MR) is 78.8 cm³/mol. The molecule has 0 aliphatic heterocycles. The predicted octanol–water partition coefficient (Wildman–Crippen LogP) is 4.44. The number of ether oxygens (including phenoxy) is 1. The summed E-state index contributed by atoms with van der Waals surface area (Å²) in [6, 6.07) is 0.764. The molecular formula is C16H33NO. The maximum atomic E-state index is 5.86. The van der Waals surface area contributed by atoms with Crippen LogP contribution in [-0.2, 0) is 4.74 Å². The average Bonchev–Trinajstić information content (AvgIpc) is 2.33. The molecule has 108 valence electrons. The van der Waals surface area contributed by atoms with Crippen molar-refractivity contribution in [3.8, 4) is 0 Å². The van der Waals surface area contributed by atoms with Gasteiger partial charge in [0, 0.05) is 19.2 Å². The molecule has 0 radical (unpaired) electrons. The zero-order chi connectivity index (χ0) is 13.4. The van der Waals surface area contributed by atoms with Gasteiger partial charge >= 0.3 is 0 Å². The summed E-state index contributed by atoms with van der Waals surface area (Å²) in [5.74, 6) is 0. The Morgan fingerprint density at radius 1 is 1.11 bits per heavy atom. The molecule has 1 saturated carbocycles. The second kappa shape index (κ2) is 8.16. The zero-order valence-electron chi connectivity index (χ0n) is 13.0. The lowest BCUT2D eigenvalue weighted by Gasteiger charge is -2.38. The molecule has 0 unspecified atom stereocenters. The molecule has 2 nitrogen and oxygen atoms in total. The summed E-state index contributed by atoms with van der Waals surface area (Å²) in [5, 5.41) is 0. The van der Waals surface area contributed by atoms with Crippen LogP contribution in [-0.4, -0.2) is 30.8 Å². The molecular weight excluding hydrogens is 222 g/mol. The van der Waals surface area contributed by atoms with Gasteiger partial charge in [-0.15, -0.1) is 0 Å². The van der Waals surface area contributed by atoms with Crippen LogP contribution in [0.3, 0.4) is 0 Å². The minimum Gasteiger partial charge on any atom is -0.366 e. The molecule has 0 atom stereocenters. The Kier molecular flexibility index (Phi) is 7.25. The van der Waals surface area contributed by atoms with Crippen molar-refractivity contribution in [2.24, 2.45) is 5.41 Å². The summed E-state index contributed by atoms with van der Waals surface area (Å²) in [4.78, 5) is 2.59. The van der Waals surface area contributed by atoms with E-state index in [1.54, 1.807) is 0 Å². The molecule has 2 heteroatoms. The first-order valence-corrected chi connectivity index (χ1v) is 7.85. The largest absolute Gasteiger partial charge is 0.366 e. The van der Waals surface area contributed by atoms with Gasteiger partial charge in [0.05, 0.1) is 6.73 Å². The SMILES string of the molecule is CCCCOCN(CC(C)(C)C)C1CCCCC1. The normalized spacial score (nSPS) is 18.5. The van der Waals surface area contributed by atoms with Crippen molar-refractivity contribution in [3.05, 3.63) is 0 Å². The van der Waals surface area contributed by atoms with Crippen LogP contribution in [0.2, 0.25) is 0 Å². The van der Waals surface area contributed by atoms with Gasteiger partial charge in [-0.1, -0.05) is 53.4 Å². The van der Waals surface area contributed by atoms with E-state index in [1.165, 1.54) is 44.9 Å². The molecule has 0 spiro atoms. The highest BCUT2D eigenvalue weighted by Crippen LogP contribution is 2.26. The van der Waals surface area contributed by atoms with E-state index >= 15 is 0 Å². The molecule has 0 bridgehead atoms. The first-order chi connectivity index (χ1) is 8.53. The Morgan fingerprint density at radius 3 is 2.33 bits per heavy atom. The molecule has 0 N–H and O–H groups in total. The molecule has 0 heterocycles. The van der Waals surface area contributed by atoms with Crippen LogP contribution in [0.25, 0.3) is 0 Å². The Labute approximate surface area is 114 Å². The highest BCUT2D eigenvalue weighted by molar-refractivity contribution is 4.78. The third kappa shape index (κ3) is 6.75. The fourth-order valence-corrected chi connectivity index (χ4v) is 2.76. The summed E-state index contributed by atoms with van der Waals surface area (Å²) in [5.41, 5.74) is 0.367. The molecule has 1 aliphatic carbocycles. The lowest BCUT2D eigenvalue weighted by Crippen LogP contribution is -2.43. The van der Waals surface area contributed by atoms with E-state index in [0.29, 0.717) is 5.41 Å². The second-order valence-corrected chi connectivity index (χ2v) is 6.99. The van der Waals surface area contributed by atoms with Gasteiger partial charge in [0.15, 0.2) is 0 Å². The molecule has 1 rings (SSSR count). The van der Waals surface area contributed by atoms with E-state index in [2.05, 4.69) is 32.6 Å². The van der Waals surface area contributed by atoms with E-state index < -0.39 is 0 Å². The third-order valence-electron chi connectivity index (χ3n) is 3.67. The molecule has 0 saturated heterocycles. The van der Waals surface area contributed by atoms with Gasteiger partial charge in [-0.05, 0) is 24.7 Å². The quantitative estimate of drug-likeness (QED) is 0.492. The van der Waals surface area contributed by atoms with E-state index in [0.717, 1.165) is 25.9 Å². The highest BCUT2D eigenvalue weighted by Gasteiger charge is 2.25. The zero-order valence-corrected chi connectivity index (χ0v) is 13.0. The second-order valence-electron chi connectivity index (χ2n) is 6.99. The molecule has 1 fully saturated rings. The fourth-order valence-electron chi connectivity index (χ4n) is 2.76. The van der Waals surface area contributed by atoms with Crippen LogP contribution in [0.1, 0.15) is 72.6 Å². The van der Waals surface area contributed by atoms with E-state index in [-0.39, 0.29) is 0 Å². The maximum Gasteiger partial charge on any atom is 0.0992 e. The standard InChI is InChI=1S/C16H33NO/c1-5-6-12-18-14-17(13-16(2,3)4)15-10-8-7-9-11-15/h15H,5-14H2,1-4H3. The number of nitrogens with zero attached hydrogens (tertiary/aromatic N) is 1. The van der Waals surface area contributed by atoms with Gasteiger partial charge in [-0.25, -0.2) is 0 Å². The lowest BCUT2D eigenvalue weighted by atomic mass is 9.91. The minimum absolute atomic E-state index is 0.367. The number of hydrogen-bond acceptors (Lipinski definition) is 2. The lowest BCUT2D eigenvalue weighted by molar-refractivity contribution is -0.0213. The van der Waals surface area contributed by atoms with Crippen LogP contribution in [0.4, 0.5) is 0 Å². The van der Waals surface area contributed by atoms with Crippen molar-refractivity contribution in [1.29, 1.82) is 0 Å². The van der Waals surface area contributed by atoms with Crippen molar-refractivity contribution in [3.63, 3.8) is 0 Å². The van der Waals surface area contributed by atoms with Gasteiger partial charge in [-0.2, -0.15) is 0 Å². The molecule has 0 aromatic heterocycles. The Balaban J connectivity index is 2.40. The van der Waals surface area contributed by atoms with E-state index in [9.17, 15) is 0 Å². The summed E-state index contributed by atoms with van der Waals surface area (Å²) in [6.45, 7) is 12.1. The topological polar surface area (TPSA) is 12.5 Å². The molecule has 18 heavy (non-hydrogen) atoms. The number of rotatable bonds is 7. The van der Waals surface area contributed by atoms with Crippen molar-refractivity contribution in [2.45, 2.75) is 78.7 Å². The van der Waals surface area contributed by atoms with Gasteiger partial charge in [0.1, 0.15) is 0 Å². The van der Waals surface area contributed by atoms with Gasteiger partial charge in [-0.3, -0.25) is 4.90 Å². The monoisotopic (exact) mass is 255 g/mol. The highest BCUT2D eigenvalue weighted by atomic mass is 16.5. The third-order valence-corrected chi connectivity index (χ3v) is 3.67. The Bertz CT molecular complexity index is 204.